The number of hydrogen-bond acceptors (Lipinski definition) is 2. The highest BCUT2D eigenvalue weighted by Crippen LogP contribution is 2.23. The van der Waals surface area contributed by atoms with Crippen molar-refractivity contribution < 1.29 is 8.42 Å². The van der Waals surface area contributed by atoms with E-state index in [0.717, 1.165) is 12.8 Å². The van der Waals surface area contributed by atoms with Crippen LogP contribution in [0.5, 0.6) is 0 Å². The molecule has 1 aliphatic heterocycles. The van der Waals surface area contributed by atoms with Crippen LogP contribution in [-0.4, -0.2) is 31.6 Å². The van der Waals surface area contributed by atoms with E-state index in [1.165, 1.54) is 6.26 Å². The van der Waals surface area contributed by atoms with E-state index in [1.807, 2.05) is 34.6 Å². The molecule has 2 atom stereocenters. The molecule has 1 rings (SSSR count). The molecule has 0 bridgehead atoms. The van der Waals surface area contributed by atoms with E-state index in [1.54, 1.807) is 4.31 Å². The molecule has 100 valence electrons. The largest absolute Gasteiger partial charge is 0.212 e. The summed E-state index contributed by atoms with van der Waals surface area (Å²) in [5.74, 6) is 0.510. The molecule has 4 heteroatoms. The minimum absolute atomic E-state index is 0.191. The zero-order chi connectivity index (χ0) is 13.4. The van der Waals surface area contributed by atoms with Gasteiger partial charge in [0.25, 0.3) is 0 Å². The Balaban J connectivity index is 0. The lowest BCUT2D eigenvalue weighted by Crippen LogP contribution is -2.44. The second-order valence-electron chi connectivity index (χ2n) is 3.86. The topological polar surface area (TPSA) is 37.4 Å². The fraction of sp³-hybridized carbons (Fsp3) is 1.00. The second kappa shape index (κ2) is 8.99. The molecule has 0 unspecified atom stereocenters. The van der Waals surface area contributed by atoms with Gasteiger partial charge in [0, 0.05) is 12.6 Å². The van der Waals surface area contributed by atoms with Gasteiger partial charge in [-0.1, -0.05) is 34.6 Å². The molecule has 0 spiro atoms. The zero-order valence-electron chi connectivity index (χ0n) is 11.9. The van der Waals surface area contributed by atoms with Crippen LogP contribution in [-0.2, 0) is 10.0 Å². The number of sulfonamides is 1. The Labute approximate surface area is 102 Å². The molecule has 1 heterocycles. The van der Waals surface area contributed by atoms with Gasteiger partial charge in [-0.05, 0) is 25.7 Å². The molecule has 0 radical (unpaired) electrons. The first-order chi connectivity index (χ1) is 7.41. The maximum atomic E-state index is 11.3. The Morgan fingerprint density at radius 3 is 1.75 bits per heavy atom. The molecule has 0 saturated carbocycles. The first kappa shape index (κ1) is 18.3. The van der Waals surface area contributed by atoms with Crippen molar-refractivity contribution >= 4 is 10.0 Å². The Morgan fingerprint density at radius 2 is 1.44 bits per heavy atom. The van der Waals surface area contributed by atoms with Gasteiger partial charge in [0.1, 0.15) is 0 Å². The van der Waals surface area contributed by atoms with Crippen LogP contribution in [0.25, 0.3) is 0 Å². The van der Waals surface area contributed by atoms with E-state index < -0.39 is 10.0 Å². The predicted molar refractivity (Wildman–Crippen MR) is 72.1 cm³/mol. The predicted octanol–water partition coefficient (Wildman–Crippen LogP) is 3.12. The molecule has 0 N–H and O–H groups in total. The standard InChI is InChI=1S/C8H17NO2S.2C2H6/c1-7-4-5-8(2)9(6-7)12(3,10)11;2*1-2/h7-8H,4-6H2,1-3H3;2*1-2H3/t7-,8+;;/m0../s1. The smallest absolute Gasteiger partial charge is 0.211 e. The van der Waals surface area contributed by atoms with Crippen molar-refractivity contribution in [2.24, 2.45) is 5.92 Å². The zero-order valence-corrected chi connectivity index (χ0v) is 12.8. The van der Waals surface area contributed by atoms with Crippen molar-refractivity contribution in [3.63, 3.8) is 0 Å². The quantitative estimate of drug-likeness (QED) is 0.718. The van der Waals surface area contributed by atoms with Crippen LogP contribution in [0.3, 0.4) is 0 Å². The van der Waals surface area contributed by atoms with E-state index in [4.69, 9.17) is 0 Å². The van der Waals surface area contributed by atoms with Gasteiger partial charge < -0.3 is 0 Å². The first-order valence-electron chi connectivity index (χ1n) is 6.38. The van der Waals surface area contributed by atoms with Gasteiger partial charge in [0.05, 0.1) is 6.26 Å². The SMILES string of the molecule is CC.CC.C[C@H]1CC[C@@H](C)N(S(C)(=O)=O)C1. The van der Waals surface area contributed by atoms with Gasteiger partial charge in [-0.2, -0.15) is 4.31 Å². The normalized spacial score (nSPS) is 25.9. The first-order valence-corrected chi connectivity index (χ1v) is 8.23. The fourth-order valence-electron chi connectivity index (χ4n) is 1.71. The van der Waals surface area contributed by atoms with E-state index in [2.05, 4.69) is 6.92 Å². The number of rotatable bonds is 1. The molecule has 0 aromatic carbocycles. The van der Waals surface area contributed by atoms with Crippen molar-refractivity contribution in [1.82, 2.24) is 4.31 Å². The molecule has 0 aromatic heterocycles. The van der Waals surface area contributed by atoms with Crippen LogP contribution in [0.1, 0.15) is 54.4 Å². The highest BCUT2D eigenvalue weighted by Gasteiger charge is 2.28. The molecule has 1 aliphatic rings. The van der Waals surface area contributed by atoms with Crippen molar-refractivity contribution in [2.75, 3.05) is 12.8 Å². The Bertz CT molecular complexity index is 250. The summed E-state index contributed by atoms with van der Waals surface area (Å²) in [5.41, 5.74) is 0. The molecule has 0 aliphatic carbocycles. The lowest BCUT2D eigenvalue weighted by atomic mass is 9.97. The summed E-state index contributed by atoms with van der Waals surface area (Å²) < 4.78 is 24.1. The number of piperidine rings is 1. The Kier molecular flexibility index (Phi) is 10.3. The van der Waals surface area contributed by atoms with E-state index in [-0.39, 0.29) is 6.04 Å². The third kappa shape index (κ3) is 6.48. The summed E-state index contributed by atoms with van der Waals surface area (Å²) in [5, 5.41) is 0. The molecule has 1 fully saturated rings. The highest BCUT2D eigenvalue weighted by atomic mass is 32.2. The van der Waals surface area contributed by atoms with Crippen LogP contribution in [0.2, 0.25) is 0 Å². The van der Waals surface area contributed by atoms with Crippen molar-refractivity contribution in [3.05, 3.63) is 0 Å². The molecule has 0 aromatic rings. The van der Waals surface area contributed by atoms with Gasteiger partial charge in [0.15, 0.2) is 0 Å². The Morgan fingerprint density at radius 1 is 1.00 bits per heavy atom. The van der Waals surface area contributed by atoms with Crippen LogP contribution < -0.4 is 0 Å². The second-order valence-corrected chi connectivity index (χ2v) is 5.80. The lowest BCUT2D eigenvalue weighted by Gasteiger charge is -2.34. The molecule has 3 nitrogen and oxygen atoms in total. The van der Waals surface area contributed by atoms with E-state index in [9.17, 15) is 8.42 Å². The van der Waals surface area contributed by atoms with Gasteiger partial charge in [-0.25, -0.2) is 8.42 Å². The summed E-state index contributed by atoms with van der Waals surface area (Å²) in [6.07, 6.45) is 3.43. The molecular formula is C12H29NO2S. The van der Waals surface area contributed by atoms with Crippen LogP contribution in [0, 0.1) is 5.92 Å². The summed E-state index contributed by atoms with van der Waals surface area (Å²) in [7, 11) is -2.97. The molecular weight excluding hydrogens is 222 g/mol. The molecule has 0 amide bonds. The summed E-state index contributed by atoms with van der Waals surface area (Å²) in [4.78, 5) is 0. The van der Waals surface area contributed by atoms with E-state index >= 15 is 0 Å². The summed E-state index contributed by atoms with van der Waals surface area (Å²) >= 11 is 0. The number of nitrogens with zero attached hydrogens (tertiary/aromatic N) is 1. The lowest BCUT2D eigenvalue weighted by molar-refractivity contribution is 0.219. The van der Waals surface area contributed by atoms with Crippen LogP contribution in [0.4, 0.5) is 0 Å². The summed E-state index contributed by atoms with van der Waals surface area (Å²) in [6, 6.07) is 0.191. The highest BCUT2D eigenvalue weighted by molar-refractivity contribution is 7.88. The molecule has 16 heavy (non-hydrogen) atoms. The fourth-order valence-corrected chi connectivity index (χ4v) is 2.99. The van der Waals surface area contributed by atoms with Crippen molar-refractivity contribution in [1.29, 1.82) is 0 Å². The third-order valence-corrected chi connectivity index (χ3v) is 3.85. The maximum absolute atomic E-state index is 11.3. The van der Waals surface area contributed by atoms with Crippen molar-refractivity contribution in [2.45, 2.75) is 60.4 Å². The minimum atomic E-state index is -2.97. The monoisotopic (exact) mass is 251 g/mol. The summed E-state index contributed by atoms with van der Waals surface area (Å²) in [6.45, 7) is 12.8. The Hall–Kier alpha value is -0.0900. The van der Waals surface area contributed by atoms with Crippen molar-refractivity contribution in [3.8, 4) is 0 Å². The van der Waals surface area contributed by atoms with E-state index in [0.29, 0.717) is 12.5 Å². The number of hydrogen-bond donors (Lipinski definition) is 0. The van der Waals surface area contributed by atoms with Crippen LogP contribution >= 0.6 is 0 Å². The third-order valence-electron chi connectivity index (χ3n) is 2.49. The van der Waals surface area contributed by atoms with Gasteiger partial charge >= 0.3 is 0 Å². The average molecular weight is 251 g/mol. The maximum Gasteiger partial charge on any atom is 0.211 e. The van der Waals surface area contributed by atoms with Gasteiger partial charge in [-0.3, -0.25) is 0 Å². The minimum Gasteiger partial charge on any atom is -0.212 e. The van der Waals surface area contributed by atoms with Gasteiger partial charge in [0.2, 0.25) is 10.0 Å². The van der Waals surface area contributed by atoms with Gasteiger partial charge in [-0.15, -0.1) is 0 Å². The molecule has 1 saturated heterocycles. The average Bonchev–Trinajstić information content (AvgIpc) is 2.26. The van der Waals surface area contributed by atoms with Crippen LogP contribution in [0.15, 0.2) is 0 Å².